The summed E-state index contributed by atoms with van der Waals surface area (Å²) in [6, 6.07) is 0. The standard InChI is InChI=1S/C11H22N2.C2H6/c1-4-13(5-2)10(3)11-7-6-8-12-9-11;1-2/h11-12H,3-9H2,1-2H3;1-2H3. The van der Waals surface area contributed by atoms with Crippen LogP contribution in [0.4, 0.5) is 0 Å². The molecule has 15 heavy (non-hydrogen) atoms. The van der Waals surface area contributed by atoms with E-state index in [2.05, 4.69) is 30.6 Å². The predicted octanol–water partition coefficient (Wildman–Crippen LogP) is 2.87. The first-order chi connectivity index (χ1) is 7.29. The molecule has 1 saturated heterocycles. The predicted molar refractivity (Wildman–Crippen MR) is 69.0 cm³/mol. The minimum atomic E-state index is 0.675. The Kier molecular flexibility index (Phi) is 8.49. The molecule has 0 aliphatic carbocycles. The lowest BCUT2D eigenvalue weighted by atomic mass is 9.96. The highest BCUT2D eigenvalue weighted by Crippen LogP contribution is 2.20. The van der Waals surface area contributed by atoms with Gasteiger partial charge < -0.3 is 10.2 Å². The van der Waals surface area contributed by atoms with Gasteiger partial charge in [0.1, 0.15) is 0 Å². The maximum Gasteiger partial charge on any atom is 0.0146 e. The van der Waals surface area contributed by atoms with Crippen LogP contribution in [-0.4, -0.2) is 31.1 Å². The molecule has 1 heterocycles. The zero-order chi connectivity index (χ0) is 11.7. The van der Waals surface area contributed by atoms with E-state index in [4.69, 9.17) is 0 Å². The lowest BCUT2D eigenvalue weighted by molar-refractivity contribution is 0.296. The third kappa shape index (κ3) is 4.70. The normalized spacial score (nSPS) is 20.1. The third-order valence-corrected chi connectivity index (χ3v) is 2.94. The van der Waals surface area contributed by atoms with E-state index in [9.17, 15) is 0 Å². The smallest absolute Gasteiger partial charge is 0.0146 e. The van der Waals surface area contributed by atoms with Crippen LogP contribution in [0.1, 0.15) is 40.5 Å². The second kappa shape index (κ2) is 8.78. The summed E-state index contributed by atoms with van der Waals surface area (Å²) in [5, 5.41) is 3.43. The summed E-state index contributed by atoms with van der Waals surface area (Å²) in [7, 11) is 0. The van der Waals surface area contributed by atoms with Crippen molar-refractivity contribution in [1.29, 1.82) is 0 Å². The quantitative estimate of drug-likeness (QED) is 0.771. The van der Waals surface area contributed by atoms with Gasteiger partial charge in [0.05, 0.1) is 0 Å². The van der Waals surface area contributed by atoms with E-state index >= 15 is 0 Å². The van der Waals surface area contributed by atoms with Crippen LogP contribution in [0.2, 0.25) is 0 Å². The molecule has 2 heteroatoms. The lowest BCUT2D eigenvalue weighted by Gasteiger charge is -2.32. The van der Waals surface area contributed by atoms with Gasteiger partial charge >= 0.3 is 0 Å². The minimum absolute atomic E-state index is 0.675. The molecule has 0 amide bonds. The maximum atomic E-state index is 4.21. The van der Waals surface area contributed by atoms with Gasteiger partial charge in [0, 0.05) is 31.2 Å². The molecule has 90 valence electrons. The zero-order valence-electron chi connectivity index (χ0n) is 11.0. The minimum Gasteiger partial charge on any atom is -0.376 e. The van der Waals surface area contributed by atoms with Crippen molar-refractivity contribution in [2.45, 2.75) is 40.5 Å². The summed E-state index contributed by atoms with van der Waals surface area (Å²) in [6.07, 6.45) is 2.60. The van der Waals surface area contributed by atoms with E-state index < -0.39 is 0 Å². The van der Waals surface area contributed by atoms with E-state index in [1.54, 1.807) is 0 Å². The van der Waals surface area contributed by atoms with Gasteiger partial charge in [-0.15, -0.1) is 0 Å². The first kappa shape index (κ1) is 14.5. The Balaban J connectivity index is 0.000000921. The van der Waals surface area contributed by atoms with Crippen molar-refractivity contribution in [3.63, 3.8) is 0 Å². The molecule has 1 N–H and O–H groups in total. The second-order valence-electron chi connectivity index (χ2n) is 3.71. The number of piperidine rings is 1. The Hall–Kier alpha value is -0.500. The molecule has 1 atom stereocenters. The number of hydrogen-bond donors (Lipinski definition) is 1. The number of nitrogens with one attached hydrogen (secondary N) is 1. The monoisotopic (exact) mass is 212 g/mol. The summed E-state index contributed by atoms with van der Waals surface area (Å²) in [5.74, 6) is 0.675. The van der Waals surface area contributed by atoms with Gasteiger partial charge in [0.15, 0.2) is 0 Å². The van der Waals surface area contributed by atoms with E-state index in [0.29, 0.717) is 5.92 Å². The fraction of sp³-hybridized carbons (Fsp3) is 0.846. The Morgan fingerprint density at radius 2 is 1.93 bits per heavy atom. The fourth-order valence-electron chi connectivity index (χ4n) is 2.02. The largest absolute Gasteiger partial charge is 0.376 e. The molecule has 0 saturated carbocycles. The third-order valence-electron chi connectivity index (χ3n) is 2.94. The molecule has 1 fully saturated rings. The Labute approximate surface area is 95.7 Å². The van der Waals surface area contributed by atoms with Gasteiger partial charge in [-0.3, -0.25) is 0 Å². The summed E-state index contributed by atoms with van der Waals surface area (Å²) in [6.45, 7) is 17.1. The fourth-order valence-corrected chi connectivity index (χ4v) is 2.02. The highest BCUT2D eigenvalue weighted by Gasteiger charge is 2.18. The summed E-state index contributed by atoms with van der Waals surface area (Å²) < 4.78 is 0. The molecular formula is C13H28N2. The first-order valence-corrected chi connectivity index (χ1v) is 6.44. The van der Waals surface area contributed by atoms with Crippen molar-refractivity contribution >= 4 is 0 Å². The van der Waals surface area contributed by atoms with Crippen LogP contribution in [0.5, 0.6) is 0 Å². The van der Waals surface area contributed by atoms with E-state index in [1.165, 1.54) is 25.1 Å². The SMILES string of the molecule is C=C(C1CCCNC1)N(CC)CC.CC. The molecule has 1 aliphatic rings. The van der Waals surface area contributed by atoms with Gasteiger partial charge in [-0.25, -0.2) is 0 Å². The van der Waals surface area contributed by atoms with Gasteiger partial charge in [-0.2, -0.15) is 0 Å². The number of nitrogens with zero attached hydrogens (tertiary/aromatic N) is 1. The van der Waals surface area contributed by atoms with Crippen LogP contribution in [0.3, 0.4) is 0 Å². The molecule has 0 spiro atoms. The topological polar surface area (TPSA) is 15.3 Å². The van der Waals surface area contributed by atoms with Crippen LogP contribution in [0, 0.1) is 5.92 Å². The van der Waals surface area contributed by atoms with Crippen molar-refractivity contribution < 1.29 is 0 Å². The highest BCUT2D eigenvalue weighted by atomic mass is 15.1. The number of hydrogen-bond acceptors (Lipinski definition) is 2. The lowest BCUT2D eigenvalue weighted by Crippen LogP contribution is -2.36. The van der Waals surface area contributed by atoms with E-state index in [-0.39, 0.29) is 0 Å². The van der Waals surface area contributed by atoms with Crippen LogP contribution in [-0.2, 0) is 0 Å². The van der Waals surface area contributed by atoms with Crippen molar-refractivity contribution in [3.8, 4) is 0 Å². The first-order valence-electron chi connectivity index (χ1n) is 6.44. The zero-order valence-corrected chi connectivity index (χ0v) is 11.0. The second-order valence-corrected chi connectivity index (χ2v) is 3.71. The average molecular weight is 212 g/mol. The van der Waals surface area contributed by atoms with Crippen molar-refractivity contribution in [1.82, 2.24) is 10.2 Å². The molecule has 2 nitrogen and oxygen atoms in total. The summed E-state index contributed by atoms with van der Waals surface area (Å²) in [4.78, 5) is 2.37. The molecule has 0 aromatic carbocycles. The number of rotatable bonds is 4. The average Bonchev–Trinajstić information content (AvgIpc) is 2.34. The molecule has 0 aromatic rings. The van der Waals surface area contributed by atoms with Crippen molar-refractivity contribution in [2.24, 2.45) is 5.92 Å². The molecular weight excluding hydrogens is 184 g/mol. The van der Waals surface area contributed by atoms with Crippen LogP contribution in [0.15, 0.2) is 12.3 Å². The molecule has 0 bridgehead atoms. The molecule has 0 aromatic heterocycles. The van der Waals surface area contributed by atoms with Gasteiger partial charge in [0.2, 0.25) is 0 Å². The Morgan fingerprint density at radius 3 is 2.33 bits per heavy atom. The van der Waals surface area contributed by atoms with Crippen molar-refractivity contribution in [3.05, 3.63) is 12.3 Å². The molecule has 1 aliphatic heterocycles. The maximum absolute atomic E-state index is 4.21. The molecule has 0 radical (unpaired) electrons. The Bertz CT molecular complexity index is 156. The summed E-state index contributed by atoms with van der Waals surface area (Å²) in [5.41, 5.74) is 1.33. The highest BCUT2D eigenvalue weighted by molar-refractivity contribution is 5.01. The Morgan fingerprint density at radius 1 is 1.33 bits per heavy atom. The molecule has 1 rings (SSSR count). The van der Waals surface area contributed by atoms with Gasteiger partial charge in [-0.05, 0) is 33.2 Å². The molecule has 1 unspecified atom stereocenters. The van der Waals surface area contributed by atoms with Crippen molar-refractivity contribution in [2.75, 3.05) is 26.2 Å². The summed E-state index contributed by atoms with van der Waals surface area (Å²) >= 11 is 0. The van der Waals surface area contributed by atoms with Gasteiger partial charge in [0.25, 0.3) is 0 Å². The van der Waals surface area contributed by atoms with Crippen LogP contribution >= 0.6 is 0 Å². The van der Waals surface area contributed by atoms with E-state index in [1.807, 2.05) is 13.8 Å². The van der Waals surface area contributed by atoms with Crippen LogP contribution < -0.4 is 5.32 Å². The van der Waals surface area contributed by atoms with Gasteiger partial charge in [-0.1, -0.05) is 20.4 Å². The van der Waals surface area contributed by atoms with E-state index in [0.717, 1.165) is 19.6 Å². The van der Waals surface area contributed by atoms with Crippen LogP contribution in [0.25, 0.3) is 0 Å².